The summed E-state index contributed by atoms with van der Waals surface area (Å²) in [4.78, 5) is 18.6. The molecule has 0 aliphatic heterocycles. The summed E-state index contributed by atoms with van der Waals surface area (Å²) in [5.41, 5.74) is 3.99. The lowest BCUT2D eigenvalue weighted by Gasteiger charge is -2.28. The van der Waals surface area contributed by atoms with Gasteiger partial charge in [0.25, 0.3) is 0 Å². The van der Waals surface area contributed by atoms with Crippen LogP contribution in [0, 0.1) is 5.82 Å². The Morgan fingerprint density at radius 2 is 1.93 bits per heavy atom. The van der Waals surface area contributed by atoms with E-state index in [4.69, 9.17) is 4.98 Å². The number of benzene rings is 1. The molecular weight excluding hydrogens is 369 g/mol. The summed E-state index contributed by atoms with van der Waals surface area (Å²) in [5.74, 6) is 0.603. The number of aromatic amines is 1. The van der Waals surface area contributed by atoms with E-state index in [9.17, 15) is 9.50 Å². The molecule has 0 saturated carbocycles. The summed E-state index contributed by atoms with van der Waals surface area (Å²) in [6, 6.07) is 10.7. The van der Waals surface area contributed by atoms with E-state index in [-0.39, 0.29) is 11.8 Å². The van der Waals surface area contributed by atoms with Crippen LogP contribution >= 0.6 is 0 Å². The number of pyridine rings is 2. The fraction of sp³-hybridized carbons (Fsp3) is 0.227. The van der Waals surface area contributed by atoms with Crippen molar-refractivity contribution >= 4 is 16.9 Å². The molecule has 0 spiro atoms. The minimum absolute atomic E-state index is 0.181. The Kier molecular flexibility index (Phi) is 5.12. The van der Waals surface area contributed by atoms with Gasteiger partial charge >= 0.3 is 0 Å². The van der Waals surface area contributed by atoms with E-state index in [1.165, 1.54) is 12.3 Å². The van der Waals surface area contributed by atoms with Gasteiger partial charge in [0.15, 0.2) is 5.82 Å². The molecule has 4 aromatic rings. The van der Waals surface area contributed by atoms with Crippen molar-refractivity contribution in [3.63, 3.8) is 0 Å². The Balaban J connectivity index is 1.72. The number of imidazole rings is 1. The second-order valence-electron chi connectivity index (χ2n) is 7.23. The van der Waals surface area contributed by atoms with Crippen LogP contribution in [0.3, 0.4) is 0 Å². The van der Waals surface area contributed by atoms with Crippen molar-refractivity contribution < 1.29 is 9.50 Å². The first-order valence-electron chi connectivity index (χ1n) is 9.51. The predicted molar refractivity (Wildman–Crippen MR) is 111 cm³/mol. The van der Waals surface area contributed by atoms with Crippen LogP contribution in [0.25, 0.3) is 22.3 Å². The molecule has 0 unspecified atom stereocenters. The molecule has 0 aliphatic carbocycles. The zero-order valence-corrected chi connectivity index (χ0v) is 16.3. The fourth-order valence-corrected chi connectivity index (χ4v) is 3.35. The number of H-pyrrole nitrogens is 1. The molecule has 0 fully saturated rings. The normalized spacial score (nSPS) is 11.3. The topological polar surface area (TPSA) is 77.9 Å². The molecule has 6 nitrogen and oxygen atoms in total. The quantitative estimate of drug-likeness (QED) is 0.512. The maximum Gasteiger partial charge on any atom is 0.157 e. The van der Waals surface area contributed by atoms with Gasteiger partial charge in [-0.15, -0.1) is 0 Å². The second-order valence-corrected chi connectivity index (χ2v) is 7.23. The van der Waals surface area contributed by atoms with Gasteiger partial charge in [0, 0.05) is 24.3 Å². The van der Waals surface area contributed by atoms with Gasteiger partial charge in [-0.2, -0.15) is 0 Å². The number of hydrogen-bond acceptors (Lipinski definition) is 5. The Labute approximate surface area is 168 Å². The molecule has 3 heterocycles. The van der Waals surface area contributed by atoms with E-state index in [1.807, 2.05) is 18.2 Å². The molecule has 0 atom stereocenters. The van der Waals surface area contributed by atoms with Gasteiger partial charge in [-0.05, 0) is 50.1 Å². The van der Waals surface area contributed by atoms with Crippen molar-refractivity contribution in [2.75, 3.05) is 11.4 Å². The van der Waals surface area contributed by atoms with Crippen molar-refractivity contribution in [2.24, 2.45) is 0 Å². The summed E-state index contributed by atoms with van der Waals surface area (Å²) in [5, 5.41) is 9.49. The first-order valence-corrected chi connectivity index (χ1v) is 9.51. The lowest BCUT2D eigenvalue weighted by atomic mass is 10.1. The van der Waals surface area contributed by atoms with Crippen LogP contribution in [0.5, 0.6) is 5.75 Å². The van der Waals surface area contributed by atoms with Crippen LogP contribution < -0.4 is 4.90 Å². The third-order valence-corrected chi connectivity index (χ3v) is 4.86. The molecule has 3 aromatic heterocycles. The average molecular weight is 391 g/mol. The molecule has 148 valence electrons. The number of hydrogen-bond donors (Lipinski definition) is 2. The maximum absolute atomic E-state index is 13.7. The van der Waals surface area contributed by atoms with E-state index in [2.05, 4.69) is 33.7 Å². The first kappa shape index (κ1) is 18.9. The number of aromatic nitrogens is 4. The van der Waals surface area contributed by atoms with Crippen molar-refractivity contribution in [2.45, 2.75) is 26.3 Å². The number of phenolic OH excluding ortho intramolecular Hbond substituents is 1. The summed E-state index contributed by atoms with van der Waals surface area (Å²) in [6.45, 7) is 4.93. The fourth-order valence-electron chi connectivity index (χ4n) is 3.35. The summed E-state index contributed by atoms with van der Waals surface area (Å²) in [6.07, 6.45) is 5.21. The highest BCUT2D eigenvalue weighted by molar-refractivity contribution is 5.89. The monoisotopic (exact) mass is 391 g/mol. The maximum atomic E-state index is 13.7. The standard InChI is InChI=1S/C22H22FN5O/c1-14(2)28(8-7-15-3-5-18(29)6-4-15)22-21-20(25-13-26-21)10-19(27-22)16-9-17(23)12-24-11-16/h3-6,9-14,29H,7-8H2,1-2H3,(H,25,26). The van der Waals surface area contributed by atoms with Gasteiger partial charge in [-0.3, -0.25) is 4.98 Å². The molecule has 4 rings (SSSR count). The van der Waals surface area contributed by atoms with E-state index in [0.717, 1.165) is 35.4 Å². The van der Waals surface area contributed by atoms with Gasteiger partial charge in [0.05, 0.1) is 23.7 Å². The van der Waals surface area contributed by atoms with Crippen molar-refractivity contribution in [3.8, 4) is 17.0 Å². The molecule has 0 aliphatic rings. The van der Waals surface area contributed by atoms with Crippen LogP contribution in [-0.2, 0) is 6.42 Å². The molecule has 2 N–H and O–H groups in total. The summed E-state index contributed by atoms with van der Waals surface area (Å²) in [7, 11) is 0. The van der Waals surface area contributed by atoms with E-state index in [1.54, 1.807) is 24.7 Å². The van der Waals surface area contributed by atoms with Crippen LogP contribution in [0.1, 0.15) is 19.4 Å². The number of anilines is 1. The SMILES string of the molecule is CC(C)N(CCc1ccc(O)cc1)c1nc(-c2cncc(F)c2)cc2[nH]cnc12. The predicted octanol–water partition coefficient (Wildman–Crippen LogP) is 4.32. The van der Waals surface area contributed by atoms with Crippen molar-refractivity contribution in [1.82, 2.24) is 19.9 Å². The van der Waals surface area contributed by atoms with E-state index in [0.29, 0.717) is 11.3 Å². The number of nitrogens with zero attached hydrogens (tertiary/aromatic N) is 4. The number of fused-ring (bicyclic) bond motifs is 1. The van der Waals surface area contributed by atoms with Crippen LogP contribution in [0.15, 0.2) is 55.1 Å². The highest BCUT2D eigenvalue weighted by Gasteiger charge is 2.19. The van der Waals surface area contributed by atoms with Gasteiger partial charge in [-0.25, -0.2) is 14.4 Å². The Bertz CT molecular complexity index is 1120. The minimum atomic E-state index is -0.399. The molecule has 0 bridgehead atoms. The van der Waals surface area contributed by atoms with Crippen LogP contribution in [0.4, 0.5) is 10.2 Å². The Morgan fingerprint density at radius 1 is 1.14 bits per heavy atom. The highest BCUT2D eigenvalue weighted by atomic mass is 19.1. The molecule has 1 aromatic carbocycles. The summed E-state index contributed by atoms with van der Waals surface area (Å²) < 4.78 is 13.7. The van der Waals surface area contributed by atoms with Gasteiger partial charge in [-0.1, -0.05) is 12.1 Å². The zero-order chi connectivity index (χ0) is 20.4. The smallest absolute Gasteiger partial charge is 0.157 e. The number of phenols is 1. The van der Waals surface area contributed by atoms with Crippen LogP contribution in [0.2, 0.25) is 0 Å². The van der Waals surface area contributed by atoms with Crippen molar-refractivity contribution in [1.29, 1.82) is 0 Å². The van der Waals surface area contributed by atoms with Crippen LogP contribution in [-0.4, -0.2) is 37.6 Å². The number of aromatic hydroxyl groups is 1. The first-order chi connectivity index (χ1) is 14.0. The number of nitrogens with one attached hydrogen (secondary N) is 1. The average Bonchev–Trinajstić information content (AvgIpc) is 3.18. The second kappa shape index (κ2) is 7.87. The van der Waals surface area contributed by atoms with E-state index < -0.39 is 5.82 Å². The molecule has 0 amide bonds. The molecular formula is C22H22FN5O. The molecule has 29 heavy (non-hydrogen) atoms. The highest BCUT2D eigenvalue weighted by Crippen LogP contribution is 2.29. The summed E-state index contributed by atoms with van der Waals surface area (Å²) >= 11 is 0. The van der Waals surface area contributed by atoms with Gasteiger partial charge in [0.2, 0.25) is 0 Å². The Morgan fingerprint density at radius 3 is 2.66 bits per heavy atom. The molecule has 0 radical (unpaired) electrons. The third kappa shape index (κ3) is 4.03. The lowest BCUT2D eigenvalue weighted by Crippen LogP contribution is -2.33. The minimum Gasteiger partial charge on any atom is -0.508 e. The zero-order valence-electron chi connectivity index (χ0n) is 16.3. The number of rotatable bonds is 6. The third-order valence-electron chi connectivity index (χ3n) is 4.86. The number of halogens is 1. The van der Waals surface area contributed by atoms with E-state index >= 15 is 0 Å². The molecule has 7 heteroatoms. The largest absolute Gasteiger partial charge is 0.508 e. The lowest BCUT2D eigenvalue weighted by molar-refractivity contribution is 0.475. The van der Waals surface area contributed by atoms with Gasteiger partial charge in [0.1, 0.15) is 17.1 Å². The molecule has 0 saturated heterocycles. The van der Waals surface area contributed by atoms with Gasteiger partial charge < -0.3 is 15.0 Å². The van der Waals surface area contributed by atoms with Crippen molar-refractivity contribution in [3.05, 3.63) is 66.5 Å². The Hall–Kier alpha value is -3.48.